The van der Waals surface area contributed by atoms with E-state index in [0.717, 1.165) is 6.42 Å². The molecule has 1 unspecified atom stereocenters. The summed E-state index contributed by atoms with van der Waals surface area (Å²) in [7, 11) is 0. The Labute approximate surface area is 139 Å². The van der Waals surface area contributed by atoms with Crippen LogP contribution in [0, 0.1) is 0 Å². The van der Waals surface area contributed by atoms with Gasteiger partial charge in [-0.2, -0.15) is 0 Å². The Morgan fingerprint density at radius 1 is 1.39 bits per heavy atom. The number of rotatable bonds is 6. The van der Waals surface area contributed by atoms with E-state index in [1.807, 2.05) is 13.8 Å². The average Bonchev–Trinajstić information content (AvgIpc) is 3.04. The lowest BCUT2D eigenvalue weighted by molar-refractivity contribution is -0.117. The number of hydrogen-bond donors (Lipinski definition) is 1. The molecule has 122 valence electrons. The summed E-state index contributed by atoms with van der Waals surface area (Å²) >= 11 is 5.94. The summed E-state index contributed by atoms with van der Waals surface area (Å²) in [4.78, 5) is 26.3. The van der Waals surface area contributed by atoms with Crippen LogP contribution in [0.2, 0.25) is 5.02 Å². The highest BCUT2D eigenvalue weighted by molar-refractivity contribution is 6.31. The summed E-state index contributed by atoms with van der Waals surface area (Å²) in [6.45, 7) is 3.78. The number of hydrogen-bond acceptors (Lipinski definition) is 4. The van der Waals surface area contributed by atoms with Crippen LogP contribution < -0.4 is 5.32 Å². The monoisotopic (exact) mass is 335 g/mol. The molecular weight excluding hydrogens is 318 g/mol. The predicted octanol–water partition coefficient (Wildman–Crippen LogP) is 3.21. The van der Waals surface area contributed by atoms with Gasteiger partial charge in [-0.25, -0.2) is 0 Å². The van der Waals surface area contributed by atoms with E-state index in [0.29, 0.717) is 16.4 Å². The number of amides is 2. The fraction of sp³-hybridized carbons (Fsp3) is 0.312. The molecule has 0 bridgehead atoms. The summed E-state index contributed by atoms with van der Waals surface area (Å²) in [5.41, 5.74) is 0.451. The topological polar surface area (TPSA) is 75.4 Å². The van der Waals surface area contributed by atoms with Gasteiger partial charge >= 0.3 is 0 Å². The lowest BCUT2D eigenvalue weighted by Gasteiger charge is -2.28. The number of nitrogens with one attached hydrogen (secondary N) is 1. The molecule has 0 fully saturated rings. The van der Waals surface area contributed by atoms with Gasteiger partial charge in [0.1, 0.15) is 12.8 Å². The SMILES string of the molecule is CCC(C)N(CC(=O)Nc1ccon1)C(=O)c1cccc(Cl)c1. The Hall–Kier alpha value is -2.34. The van der Waals surface area contributed by atoms with E-state index >= 15 is 0 Å². The van der Waals surface area contributed by atoms with Gasteiger partial charge in [0.2, 0.25) is 5.91 Å². The first kappa shape index (κ1) is 17.0. The second-order valence-corrected chi connectivity index (χ2v) is 5.57. The molecule has 6 nitrogen and oxygen atoms in total. The smallest absolute Gasteiger partial charge is 0.254 e. The molecule has 1 aromatic heterocycles. The van der Waals surface area contributed by atoms with Crippen molar-refractivity contribution in [3.05, 3.63) is 47.2 Å². The van der Waals surface area contributed by atoms with E-state index < -0.39 is 0 Å². The van der Waals surface area contributed by atoms with E-state index in [1.165, 1.54) is 17.2 Å². The molecule has 0 saturated carbocycles. The molecule has 1 heterocycles. The molecule has 23 heavy (non-hydrogen) atoms. The highest BCUT2D eigenvalue weighted by Gasteiger charge is 2.23. The molecule has 0 spiro atoms. The lowest BCUT2D eigenvalue weighted by atomic mass is 10.1. The standard InChI is InChI=1S/C16H18ClN3O3/c1-3-11(2)20(10-15(21)18-14-7-8-23-19-14)16(22)12-5-4-6-13(17)9-12/h4-9,11H,3,10H2,1-2H3,(H,18,19,21). The molecule has 1 atom stereocenters. The highest BCUT2D eigenvalue weighted by atomic mass is 35.5. The maximum atomic E-state index is 12.7. The van der Waals surface area contributed by atoms with Gasteiger partial charge in [-0.1, -0.05) is 29.7 Å². The maximum absolute atomic E-state index is 12.7. The highest BCUT2D eigenvalue weighted by Crippen LogP contribution is 2.15. The van der Waals surface area contributed by atoms with E-state index in [1.54, 1.807) is 24.3 Å². The molecule has 0 aliphatic rings. The summed E-state index contributed by atoms with van der Waals surface area (Å²) in [5.74, 6) is -0.263. The van der Waals surface area contributed by atoms with Crippen molar-refractivity contribution in [2.45, 2.75) is 26.3 Å². The van der Waals surface area contributed by atoms with Crippen molar-refractivity contribution in [1.29, 1.82) is 0 Å². The Kier molecular flexibility index (Phi) is 5.76. The quantitative estimate of drug-likeness (QED) is 0.879. The van der Waals surface area contributed by atoms with Crippen LogP contribution in [0.25, 0.3) is 0 Å². The van der Waals surface area contributed by atoms with Crippen molar-refractivity contribution in [3.63, 3.8) is 0 Å². The van der Waals surface area contributed by atoms with Crippen LogP contribution in [0.1, 0.15) is 30.6 Å². The minimum atomic E-state index is -0.338. The van der Waals surface area contributed by atoms with Gasteiger partial charge < -0.3 is 14.7 Å². The van der Waals surface area contributed by atoms with Crippen molar-refractivity contribution in [1.82, 2.24) is 10.1 Å². The molecular formula is C16H18ClN3O3. The second-order valence-electron chi connectivity index (χ2n) is 5.13. The fourth-order valence-electron chi connectivity index (χ4n) is 2.05. The molecule has 2 rings (SSSR count). The Balaban J connectivity index is 2.13. The van der Waals surface area contributed by atoms with E-state index in [-0.39, 0.29) is 24.4 Å². The Bertz CT molecular complexity index is 673. The van der Waals surface area contributed by atoms with Crippen molar-refractivity contribution in [3.8, 4) is 0 Å². The van der Waals surface area contributed by atoms with Crippen LogP contribution in [0.5, 0.6) is 0 Å². The summed E-state index contributed by atoms with van der Waals surface area (Å²) in [5, 5.41) is 6.68. The second kappa shape index (κ2) is 7.78. The number of carbonyl (C=O) groups excluding carboxylic acids is 2. The van der Waals surface area contributed by atoms with Crippen molar-refractivity contribution >= 4 is 29.2 Å². The van der Waals surface area contributed by atoms with Gasteiger partial charge in [-0.15, -0.1) is 0 Å². The summed E-state index contributed by atoms with van der Waals surface area (Å²) < 4.78 is 4.66. The zero-order valence-electron chi connectivity index (χ0n) is 13.0. The Morgan fingerprint density at radius 3 is 2.78 bits per heavy atom. The molecule has 0 saturated heterocycles. The number of carbonyl (C=O) groups is 2. The number of benzene rings is 1. The van der Waals surface area contributed by atoms with Gasteiger partial charge in [0, 0.05) is 22.7 Å². The molecule has 1 N–H and O–H groups in total. The van der Waals surface area contributed by atoms with Crippen LogP contribution >= 0.6 is 11.6 Å². The van der Waals surface area contributed by atoms with Crippen LogP contribution in [0.15, 0.2) is 41.1 Å². The number of anilines is 1. The number of halogens is 1. The predicted molar refractivity (Wildman–Crippen MR) is 87.4 cm³/mol. The molecule has 7 heteroatoms. The van der Waals surface area contributed by atoms with Crippen LogP contribution in [-0.4, -0.2) is 34.5 Å². The summed E-state index contributed by atoms with van der Waals surface area (Å²) in [6, 6.07) is 8.12. The van der Waals surface area contributed by atoms with Gasteiger partial charge in [-0.3, -0.25) is 9.59 Å². The molecule has 2 amide bonds. The molecule has 0 radical (unpaired) electrons. The van der Waals surface area contributed by atoms with E-state index in [9.17, 15) is 9.59 Å². The molecule has 1 aromatic carbocycles. The first-order valence-electron chi connectivity index (χ1n) is 7.28. The van der Waals surface area contributed by atoms with Crippen LogP contribution in [0.4, 0.5) is 5.82 Å². The number of aromatic nitrogens is 1. The van der Waals surface area contributed by atoms with Crippen molar-refractivity contribution in [2.24, 2.45) is 0 Å². The van der Waals surface area contributed by atoms with Crippen LogP contribution in [0.3, 0.4) is 0 Å². The third kappa shape index (κ3) is 4.56. The van der Waals surface area contributed by atoms with Gasteiger partial charge in [0.15, 0.2) is 5.82 Å². The normalized spacial score (nSPS) is 11.8. The molecule has 2 aromatic rings. The van der Waals surface area contributed by atoms with Gasteiger partial charge in [0.25, 0.3) is 5.91 Å². The minimum absolute atomic E-state index is 0.0762. The van der Waals surface area contributed by atoms with Crippen molar-refractivity contribution < 1.29 is 14.1 Å². The molecule has 0 aliphatic carbocycles. The zero-order chi connectivity index (χ0) is 16.8. The lowest BCUT2D eigenvalue weighted by Crippen LogP contribution is -2.43. The first-order valence-corrected chi connectivity index (χ1v) is 7.65. The third-order valence-electron chi connectivity index (χ3n) is 3.47. The average molecular weight is 336 g/mol. The maximum Gasteiger partial charge on any atom is 0.254 e. The van der Waals surface area contributed by atoms with Gasteiger partial charge in [0.05, 0.1) is 0 Å². The zero-order valence-corrected chi connectivity index (χ0v) is 13.7. The first-order chi connectivity index (χ1) is 11.0. The fourth-order valence-corrected chi connectivity index (χ4v) is 2.24. The van der Waals surface area contributed by atoms with Crippen LogP contribution in [-0.2, 0) is 4.79 Å². The van der Waals surface area contributed by atoms with E-state index in [2.05, 4.69) is 15.0 Å². The van der Waals surface area contributed by atoms with Crippen molar-refractivity contribution in [2.75, 3.05) is 11.9 Å². The van der Waals surface area contributed by atoms with E-state index in [4.69, 9.17) is 11.6 Å². The summed E-state index contributed by atoms with van der Waals surface area (Å²) in [6.07, 6.45) is 2.09. The number of nitrogens with zero attached hydrogens (tertiary/aromatic N) is 2. The minimum Gasteiger partial charge on any atom is -0.363 e. The molecule has 0 aliphatic heterocycles. The third-order valence-corrected chi connectivity index (χ3v) is 3.71. The largest absolute Gasteiger partial charge is 0.363 e. The van der Waals surface area contributed by atoms with Gasteiger partial charge in [-0.05, 0) is 31.5 Å². The Morgan fingerprint density at radius 2 is 2.17 bits per heavy atom.